The number of allylic oxidation sites excluding steroid dienone is 2. The van der Waals surface area contributed by atoms with E-state index in [1.807, 2.05) is 0 Å². The highest BCUT2D eigenvalue weighted by Crippen LogP contribution is 2.27. The minimum absolute atomic E-state index is 0.959. The van der Waals surface area contributed by atoms with Crippen LogP contribution in [0.5, 0.6) is 0 Å². The van der Waals surface area contributed by atoms with Crippen LogP contribution >= 0.6 is 0 Å². The highest BCUT2D eigenvalue weighted by molar-refractivity contribution is 5.78. The summed E-state index contributed by atoms with van der Waals surface area (Å²) in [4.78, 5) is 0. The zero-order valence-electron chi connectivity index (χ0n) is 6.88. The van der Waals surface area contributed by atoms with Crippen LogP contribution in [0.25, 0.3) is 11.6 Å². The first-order chi connectivity index (χ1) is 5.92. The predicted octanol–water partition coefficient (Wildman–Crippen LogP) is 3.27. The molecular weight excluding hydrogens is 144 g/mol. The van der Waals surface area contributed by atoms with Crippen molar-refractivity contribution >= 4 is 11.6 Å². The van der Waals surface area contributed by atoms with Crippen molar-refractivity contribution in [1.29, 1.82) is 0 Å². The fourth-order valence-corrected chi connectivity index (χ4v) is 1.50. The van der Waals surface area contributed by atoms with Crippen molar-refractivity contribution < 1.29 is 0 Å². The molecule has 0 heteroatoms. The maximum Gasteiger partial charge on any atom is 0.00496 e. The Bertz CT molecular complexity index is 377. The van der Waals surface area contributed by atoms with Crippen molar-refractivity contribution in [3.63, 3.8) is 0 Å². The molecule has 0 radical (unpaired) electrons. The Balaban J connectivity index is 2.68. The van der Waals surface area contributed by atoms with Crippen molar-refractivity contribution in [3.8, 4) is 0 Å². The predicted molar refractivity (Wildman–Crippen MR) is 52.6 cm³/mol. The quantitative estimate of drug-likeness (QED) is 0.503. The van der Waals surface area contributed by atoms with Crippen molar-refractivity contribution in [3.05, 3.63) is 53.8 Å². The zero-order valence-corrected chi connectivity index (χ0v) is 6.88. The summed E-state index contributed by atoms with van der Waals surface area (Å²) in [7, 11) is 0. The van der Waals surface area contributed by atoms with Gasteiger partial charge < -0.3 is 0 Å². The summed E-state index contributed by atoms with van der Waals surface area (Å²) in [5.41, 5.74) is 6.72. The molecule has 1 aromatic carbocycles. The summed E-state index contributed by atoms with van der Waals surface area (Å²) in [5, 5.41) is 0. The van der Waals surface area contributed by atoms with Crippen molar-refractivity contribution in [2.24, 2.45) is 0 Å². The Labute approximate surface area is 72.5 Å². The van der Waals surface area contributed by atoms with E-state index in [2.05, 4.69) is 48.7 Å². The van der Waals surface area contributed by atoms with Gasteiger partial charge in [-0.25, -0.2) is 0 Å². The van der Waals surface area contributed by atoms with Gasteiger partial charge in [-0.15, -0.1) is 5.73 Å². The lowest BCUT2D eigenvalue weighted by Crippen LogP contribution is -1.90. The molecule has 0 spiro atoms. The highest BCUT2D eigenvalue weighted by atomic mass is 14.1. The van der Waals surface area contributed by atoms with Gasteiger partial charge in [0.1, 0.15) is 0 Å². The monoisotopic (exact) mass is 154 g/mol. The number of hydrogen-bond donors (Lipinski definition) is 0. The van der Waals surface area contributed by atoms with Crippen molar-refractivity contribution in [2.45, 2.75) is 6.42 Å². The minimum Gasteiger partial charge on any atom is -0.124 e. The van der Waals surface area contributed by atoms with E-state index in [0.29, 0.717) is 0 Å². The van der Waals surface area contributed by atoms with E-state index in [4.69, 9.17) is 0 Å². The normalized spacial score (nSPS) is 13.8. The van der Waals surface area contributed by atoms with Crippen LogP contribution in [-0.4, -0.2) is 0 Å². The van der Waals surface area contributed by atoms with Crippen LogP contribution in [0.4, 0.5) is 0 Å². The second-order valence-corrected chi connectivity index (χ2v) is 2.85. The molecule has 0 fully saturated rings. The first-order valence-corrected chi connectivity index (χ1v) is 4.06. The van der Waals surface area contributed by atoms with Gasteiger partial charge in [0.15, 0.2) is 0 Å². The Morgan fingerprint density at radius 1 is 1.25 bits per heavy atom. The van der Waals surface area contributed by atoms with Gasteiger partial charge in [0.25, 0.3) is 0 Å². The smallest absolute Gasteiger partial charge is 0.00496 e. The molecule has 1 aliphatic rings. The van der Waals surface area contributed by atoms with Crippen molar-refractivity contribution in [1.82, 2.24) is 0 Å². The molecule has 1 aliphatic carbocycles. The SMILES string of the molecule is C=C=C1CC=Cc2ccccc21. The molecule has 0 saturated heterocycles. The maximum atomic E-state index is 3.69. The van der Waals surface area contributed by atoms with Gasteiger partial charge >= 0.3 is 0 Å². The molecule has 0 aromatic heterocycles. The third kappa shape index (κ3) is 1.03. The van der Waals surface area contributed by atoms with E-state index >= 15 is 0 Å². The topological polar surface area (TPSA) is 0 Å². The second-order valence-electron chi connectivity index (χ2n) is 2.85. The Morgan fingerprint density at radius 2 is 2.08 bits per heavy atom. The van der Waals surface area contributed by atoms with Gasteiger partial charge in [0.05, 0.1) is 0 Å². The van der Waals surface area contributed by atoms with Gasteiger partial charge in [-0.1, -0.05) is 43.0 Å². The Morgan fingerprint density at radius 3 is 2.92 bits per heavy atom. The van der Waals surface area contributed by atoms with Crippen molar-refractivity contribution in [2.75, 3.05) is 0 Å². The van der Waals surface area contributed by atoms with Crippen LogP contribution in [0, 0.1) is 0 Å². The molecule has 0 heterocycles. The van der Waals surface area contributed by atoms with E-state index < -0.39 is 0 Å². The van der Waals surface area contributed by atoms with E-state index in [1.165, 1.54) is 16.7 Å². The Hall–Kier alpha value is -1.52. The number of rotatable bonds is 0. The van der Waals surface area contributed by atoms with Crippen LogP contribution in [-0.2, 0) is 0 Å². The standard InChI is InChI=1S/C12H10/c1-2-10-7-5-8-11-6-3-4-9-12(10)11/h3-6,8-9H,1,7H2. The van der Waals surface area contributed by atoms with Crippen LogP contribution in [0.1, 0.15) is 17.5 Å². The molecule has 12 heavy (non-hydrogen) atoms. The summed E-state index contributed by atoms with van der Waals surface area (Å²) >= 11 is 0. The number of fused-ring (bicyclic) bond motifs is 1. The second kappa shape index (κ2) is 2.84. The molecule has 0 bridgehead atoms. The lowest BCUT2D eigenvalue weighted by Gasteiger charge is -2.11. The fourth-order valence-electron chi connectivity index (χ4n) is 1.50. The van der Waals surface area contributed by atoms with Crippen LogP contribution < -0.4 is 0 Å². The number of hydrogen-bond acceptors (Lipinski definition) is 0. The van der Waals surface area contributed by atoms with Gasteiger partial charge in [0, 0.05) is 5.57 Å². The van der Waals surface area contributed by atoms with E-state index in [9.17, 15) is 0 Å². The zero-order chi connectivity index (χ0) is 8.39. The van der Waals surface area contributed by atoms with Crippen LogP contribution in [0.15, 0.2) is 42.7 Å². The molecule has 0 amide bonds. The molecule has 0 aliphatic heterocycles. The maximum absolute atomic E-state index is 3.69. The fraction of sp³-hybridized carbons (Fsp3) is 0.0833. The van der Waals surface area contributed by atoms with Crippen LogP contribution in [0.3, 0.4) is 0 Å². The molecule has 0 atom stereocenters. The third-order valence-corrected chi connectivity index (χ3v) is 2.12. The lowest BCUT2D eigenvalue weighted by atomic mass is 9.93. The average Bonchev–Trinajstić information content (AvgIpc) is 2.17. The first-order valence-electron chi connectivity index (χ1n) is 4.06. The lowest BCUT2D eigenvalue weighted by molar-refractivity contribution is 1.36. The largest absolute Gasteiger partial charge is 0.124 e. The molecular formula is C12H10. The van der Waals surface area contributed by atoms with Gasteiger partial charge in [-0.3, -0.25) is 0 Å². The average molecular weight is 154 g/mol. The summed E-state index contributed by atoms with van der Waals surface area (Å²) in [5.74, 6) is 0. The summed E-state index contributed by atoms with van der Waals surface area (Å²) in [6.45, 7) is 3.69. The Kier molecular flexibility index (Phi) is 1.69. The van der Waals surface area contributed by atoms with Gasteiger partial charge in [0.2, 0.25) is 0 Å². The summed E-state index contributed by atoms with van der Waals surface area (Å²) in [6, 6.07) is 8.33. The van der Waals surface area contributed by atoms with E-state index in [0.717, 1.165) is 6.42 Å². The molecule has 0 saturated carbocycles. The van der Waals surface area contributed by atoms with E-state index in [1.54, 1.807) is 0 Å². The molecule has 58 valence electrons. The van der Waals surface area contributed by atoms with Crippen LogP contribution in [0.2, 0.25) is 0 Å². The summed E-state index contributed by atoms with van der Waals surface area (Å²) in [6.07, 6.45) is 5.26. The molecule has 2 rings (SSSR count). The molecule has 0 unspecified atom stereocenters. The minimum atomic E-state index is 0.959. The highest BCUT2D eigenvalue weighted by Gasteiger charge is 2.06. The number of benzene rings is 1. The third-order valence-electron chi connectivity index (χ3n) is 2.12. The first kappa shape index (κ1) is 7.15. The molecule has 0 N–H and O–H groups in total. The van der Waals surface area contributed by atoms with Gasteiger partial charge in [-0.05, 0) is 17.5 Å². The van der Waals surface area contributed by atoms with Gasteiger partial charge in [-0.2, -0.15) is 0 Å². The molecule has 1 aromatic rings. The molecule has 0 nitrogen and oxygen atoms in total. The van der Waals surface area contributed by atoms with E-state index in [-0.39, 0.29) is 0 Å². The summed E-state index contributed by atoms with van der Waals surface area (Å²) < 4.78 is 0.